The first-order chi connectivity index (χ1) is 12.2. The third-order valence-electron chi connectivity index (χ3n) is 3.95. The van der Waals surface area contributed by atoms with Crippen molar-refractivity contribution in [1.82, 2.24) is 10.3 Å². The van der Waals surface area contributed by atoms with E-state index in [0.29, 0.717) is 12.1 Å². The fraction of sp³-hybridized carbons (Fsp3) is 0.400. The van der Waals surface area contributed by atoms with E-state index >= 15 is 0 Å². The van der Waals surface area contributed by atoms with E-state index < -0.39 is 0 Å². The lowest BCUT2D eigenvalue weighted by Crippen LogP contribution is -2.26. The molecule has 0 spiro atoms. The van der Waals surface area contributed by atoms with Crippen LogP contribution in [-0.2, 0) is 6.54 Å². The Balaban J connectivity index is 2.01. The van der Waals surface area contributed by atoms with Crippen LogP contribution in [0.3, 0.4) is 0 Å². The maximum Gasteiger partial charge on any atom is 0.253 e. The Hall–Kier alpha value is -2.56. The van der Waals surface area contributed by atoms with E-state index in [4.69, 9.17) is 4.74 Å². The minimum Gasteiger partial charge on any atom is -0.497 e. The van der Waals surface area contributed by atoms with Gasteiger partial charge in [0.15, 0.2) is 0 Å². The molecule has 5 heteroatoms. The van der Waals surface area contributed by atoms with Crippen LogP contribution in [0, 0.1) is 0 Å². The standard InChI is InChI=1S/C20H27N3O2/c1-4-10-23(11-5-2)18-12-17(14-21-15-18)20(24)22-13-16-6-8-19(25-3)9-7-16/h6-9,12,14-15H,4-5,10-11,13H2,1-3H3,(H,22,24). The second kappa shape index (κ2) is 9.67. The Morgan fingerprint density at radius 1 is 1.12 bits per heavy atom. The summed E-state index contributed by atoms with van der Waals surface area (Å²) in [5, 5.41) is 2.94. The maximum absolute atomic E-state index is 12.4. The molecule has 134 valence electrons. The van der Waals surface area contributed by atoms with Gasteiger partial charge < -0.3 is 15.0 Å². The molecule has 1 aromatic carbocycles. The summed E-state index contributed by atoms with van der Waals surface area (Å²) in [6.07, 6.45) is 5.57. The van der Waals surface area contributed by atoms with Crippen molar-refractivity contribution < 1.29 is 9.53 Å². The van der Waals surface area contributed by atoms with E-state index in [0.717, 1.165) is 42.9 Å². The summed E-state index contributed by atoms with van der Waals surface area (Å²) in [4.78, 5) is 19.0. The fourth-order valence-electron chi connectivity index (χ4n) is 2.66. The lowest BCUT2D eigenvalue weighted by Gasteiger charge is -2.23. The van der Waals surface area contributed by atoms with Crippen LogP contribution in [0.15, 0.2) is 42.7 Å². The molecule has 0 atom stereocenters. The lowest BCUT2D eigenvalue weighted by molar-refractivity contribution is 0.0950. The molecule has 25 heavy (non-hydrogen) atoms. The number of carbonyl (C=O) groups excluding carboxylic acids is 1. The van der Waals surface area contributed by atoms with Gasteiger partial charge in [-0.2, -0.15) is 0 Å². The summed E-state index contributed by atoms with van der Waals surface area (Å²) >= 11 is 0. The van der Waals surface area contributed by atoms with E-state index in [1.807, 2.05) is 36.5 Å². The highest BCUT2D eigenvalue weighted by molar-refractivity contribution is 5.94. The largest absolute Gasteiger partial charge is 0.497 e. The van der Waals surface area contributed by atoms with E-state index in [9.17, 15) is 4.79 Å². The van der Waals surface area contributed by atoms with E-state index in [2.05, 4.69) is 29.0 Å². The number of nitrogens with one attached hydrogen (secondary N) is 1. The van der Waals surface area contributed by atoms with Crippen LogP contribution >= 0.6 is 0 Å². The summed E-state index contributed by atoms with van der Waals surface area (Å²) < 4.78 is 5.14. The molecule has 0 aliphatic carbocycles. The molecule has 1 amide bonds. The van der Waals surface area contributed by atoms with Crippen LogP contribution in [0.4, 0.5) is 5.69 Å². The maximum atomic E-state index is 12.4. The number of rotatable bonds is 9. The second-order valence-corrected chi connectivity index (χ2v) is 5.95. The molecule has 0 fully saturated rings. The Labute approximate surface area is 150 Å². The molecule has 2 rings (SSSR count). The van der Waals surface area contributed by atoms with Crippen LogP contribution in [0.5, 0.6) is 5.75 Å². The minimum absolute atomic E-state index is 0.113. The van der Waals surface area contributed by atoms with Crippen LogP contribution < -0.4 is 15.0 Å². The monoisotopic (exact) mass is 341 g/mol. The summed E-state index contributed by atoms with van der Waals surface area (Å²) in [5.74, 6) is 0.692. The van der Waals surface area contributed by atoms with E-state index in [-0.39, 0.29) is 5.91 Å². The number of methoxy groups -OCH3 is 1. The van der Waals surface area contributed by atoms with E-state index in [1.165, 1.54) is 0 Å². The molecule has 0 saturated carbocycles. The van der Waals surface area contributed by atoms with Crippen molar-refractivity contribution in [3.8, 4) is 5.75 Å². The molecule has 2 aromatic rings. The van der Waals surface area contributed by atoms with Crippen molar-refractivity contribution in [2.45, 2.75) is 33.2 Å². The third kappa shape index (κ3) is 5.48. The predicted octanol–water partition coefficient (Wildman–Crippen LogP) is 3.65. The van der Waals surface area contributed by atoms with Gasteiger partial charge in [0.25, 0.3) is 5.91 Å². The molecule has 0 saturated heterocycles. The molecular weight excluding hydrogens is 314 g/mol. The van der Waals surface area contributed by atoms with Crippen molar-refractivity contribution in [3.05, 3.63) is 53.9 Å². The van der Waals surface area contributed by atoms with Crippen LogP contribution in [0.25, 0.3) is 0 Å². The molecule has 0 radical (unpaired) electrons. The Morgan fingerprint density at radius 2 is 1.80 bits per heavy atom. The average Bonchev–Trinajstić information content (AvgIpc) is 2.66. The summed E-state index contributed by atoms with van der Waals surface area (Å²) in [5.41, 5.74) is 2.61. The van der Waals surface area contributed by atoms with Gasteiger partial charge in [-0.05, 0) is 36.6 Å². The number of hydrogen-bond acceptors (Lipinski definition) is 4. The first-order valence-corrected chi connectivity index (χ1v) is 8.79. The number of amides is 1. The summed E-state index contributed by atoms with van der Waals surface area (Å²) in [6.45, 7) is 6.71. The van der Waals surface area contributed by atoms with Gasteiger partial charge in [-0.3, -0.25) is 9.78 Å². The molecule has 0 aliphatic heterocycles. The van der Waals surface area contributed by atoms with Crippen LogP contribution in [0.2, 0.25) is 0 Å². The number of aromatic nitrogens is 1. The lowest BCUT2D eigenvalue weighted by atomic mass is 10.2. The van der Waals surface area contributed by atoms with Crippen LogP contribution in [-0.4, -0.2) is 31.1 Å². The summed E-state index contributed by atoms with van der Waals surface area (Å²) in [7, 11) is 1.64. The third-order valence-corrected chi connectivity index (χ3v) is 3.95. The zero-order valence-corrected chi connectivity index (χ0v) is 15.3. The second-order valence-electron chi connectivity index (χ2n) is 5.95. The highest BCUT2D eigenvalue weighted by Crippen LogP contribution is 2.16. The van der Waals surface area contributed by atoms with Gasteiger partial charge in [0.2, 0.25) is 0 Å². The van der Waals surface area contributed by atoms with Crippen molar-refractivity contribution >= 4 is 11.6 Å². The molecule has 0 unspecified atom stereocenters. The molecule has 5 nitrogen and oxygen atoms in total. The first-order valence-electron chi connectivity index (χ1n) is 8.79. The molecular formula is C20H27N3O2. The molecule has 0 bridgehead atoms. The molecule has 1 heterocycles. The topological polar surface area (TPSA) is 54.5 Å². The van der Waals surface area contributed by atoms with Gasteiger partial charge in [0, 0.05) is 25.8 Å². The number of anilines is 1. The molecule has 1 N–H and O–H groups in total. The highest BCUT2D eigenvalue weighted by atomic mass is 16.5. The number of pyridine rings is 1. The van der Waals surface area contributed by atoms with Gasteiger partial charge >= 0.3 is 0 Å². The van der Waals surface area contributed by atoms with Crippen molar-refractivity contribution in [2.24, 2.45) is 0 Å². The smallest absolute Gasteiger partial charge is 0.253 e. The zero-order chi connectivity index (χ0) is 18.1. The van der Waals surface area contributed by atoms with Gasteiger partial charge in [-0.15, -0.1) is 0 Å². The van der Waals surface area contributed by atoms with Gasteiger partial charge in [0.1, 0.15) is 5.75 Å². The zero-order valence-electron chi connectivity index (χ0n) is 15.3. The molecule has 0 aliphatic rings. The van der Waals surface area contributed by atoms with Crippen molar-refractivity contribution in [3.63, 3.8) is 0 Å². The quantitative estimate of drug-likeness (QED) is 0.756. The van der Waals surface area contributed by atoms with Crippen molar-refractivity contribution in [1.29, 1.82) is 0 Å². The molecule has 1 aromatic heterocycles. The van der Waals surface area contributed by atoms with E-state index in [1.54, 1.807) is 13.3 Å². The Bertz CT molecular complexity index is 665. The number of nitrogens with zero attached hydrogens (tertiary/aromatic N) is 2. The van der Waals surface area contributed by atoms with Crippen LogP contribution in [0.1, 0.15) is 42.6 Å². The predicted molar refractivity (Wildman–Crippen MR) is 101 cm³/mol. The SMILES string of the molecule is CCCN(CCC)c1cncc(C(=O)NCc2ccc(OC)cc2)c1. The Kier molecular flexibility index (Phi) is 7.26. The van der Waals surface area contributed by atoms with Crippen molar-refractivity contribution in [2.75, 3.05) is 25.1 Å². The number of ether oxygens (including phenoxy) is 1. The normalized spacial score (nSPS) is 10.4. The Morgan fingerprint density at radius 3 is 2.40 bits per heavy atom. The fourth-order valence-corrected chi connectivity index (χ4v) is 2.66. The minimum atomic E-state index is -0.113. The number of hydrogen-bond donors (Lipinski definition) is 1. The van der Waals surface area contributed by atoms with Gasteiger partial charge in [-0.1, -0.05) is 26.0 Å². The van der Waals surface area contributed by atoms with Gasteiger partial charge in [-0.25, -0.2) is 0 Å². The number of carbonyl (C=O) groups is 1. The number of benzene rings is 1. The summed E-state index contributed by atoms with van der Waals surface area (Å²) in [6, 6.07) is 9.58. The average molecular weight is 341 g/mol. The first kappa shape index (κ1) is 18.8. The van der Waals surface area contributed by atoms with Gasteiger partial charge in [0.05, 0.1) is 24.6 Å². The highest BCUT2D eigenvalue weighted by Gasteiger charge is 2.10.